The van der Waals surface area contributed by atoms with E-state index in [9.17, 15) is 0 Å². The average molecular weight is 335 g/mol. The lowest BCUT2D eigenvalue weighted by atomic mass is 9.61. The molecule has 1 atom stereocenters. The van der Waals surface area contributed by atoms with E-state index in [1.165, 1.54) is 76.6 Å². The largest absolute Gasteiger partial charge is 0.375 e. The van der Waals surface area contributed by atoms with Crippen LogP contribution in [0.25, 0.3) is 0 Å². The van der Waals surface area contributed by atoms with Crippen molar-refractivity contribution in [2.24, 2.45) is 11.8 Å². The van der Waals surface area contributed by atoms with Crippen molar-refractivity contribution in [3.63, 3.8) is 0 Å². The Morgan fingerprint density at radius 1 is 1.32 bits per heavy atom. The van der Waals surface area contributed by atoms with Gasteiger partial charge in [-0.2, -0.15) is 0 Å². The molecule has 0 saturated carbocycles. The molecular weight excluding hydrogens is 303 g/mol. The first-order valence-electron chi connectivity index (χ1n) is 10.3. The Bertz CT molecular complexity index is 627. The second-order valence-corrected chi connectivity index (χ2v) is 8.48. The maximum Gasteiger partial charge on any atom is 0.115 e. The molecule has 0 spiro atoms. The Hall–Kier alpha value is -1.22. The number of hydrogen-bond acceptors (Lipinski definition) is 2. The molecule has 1 aromatic carbocycles. The number of fused-ring (bicyclic) bond motifs is 1. The first-order chi connectivity index (χ1) is 12.2. The van der Waals surface area contributed by atoms with Gasteiger partial charge in [-0.05, 0) is 86.2 Å². The number of likely N-dealkylation sites (tertiary alicyclic amines) is 1. The van der Waals surface area contributed by atoms with E-state index in [0.717, 1.165) is 11.8 Å². The molecule has 1 unspecified atom stereocenters. The Kier molecular flexibility index (Phi) is 5.21. The molecule has 2 nitrogen and oxygen atoms in total. The Balaban J connectivity index is 1.29. The van der Waals surface area contributed by atoms with E-state index < -0.39 is 0 Å². The Morgan fingerprint density at radius 2 is 2.20 bits per heavy atom. The predicted octanol–water partition coefficient (Wildman–Crippen LogP) is 3.55. The third kappa shape index (κ3) is 3.82. The maximum absolute atomic E-state index is 4.38. The van der Waals surface area contributed by atoms with Gasteiger partial charge in [0.15, 0.2) is 0 Å². The Morgan fingerprint density at radius 3 is 3.00 bits per heavy atom. The summed E-state index contributed by atoms with van der Waals surface area (Å²) >= 11 is 0. The summed E-state index contributed by atoms with van der Waals surface area (Å²) in [5.74, 6) is 1.62. The first-order valence-corrected chi connectivity index (χ1v) is 10.3. The number of hydrogen-bond donors (Lipinski definition) is 1. The van der Waals surface area contributed by atoms with Gasteiger partial charge in [0.25, 0.3) is 0 Å². The van der Waals surface area contributed by atoms with Crippen LogP contribution in [0, 0.1) is 18.8 Å². The summed E-state index contributed by atoms with van der Waals surface area (Å²) in [4.78, 5) is 2.53. The van der Waals surface area contributed by atoms with E-state index in [0.29, 0.717) is 0 Å². The van der Waals surface area contributed by atoms with Gasteiger partial charge in [-0.15, -0.1) is 0 Å². The number of benzene rings is 1. The highest BCUT2D eigenvalue weighted by Crippen LogP contribution is 2.31. The molecule has 1 aromatic rings. The van der Waals surface area contributed by atoms with E-state index in [-0.39, 0.29) is 0 Å². The summed E-state index contributed by atoms with van der Waals surface area (Å²) in [7, 11) is 2.45. The summed E-state index contributed by atoms with van der Waals surface area (Å²) in [5.41, 5.74) is 7.74. The van der Waals surface area contributed by atoms with Crippen LogP contribution in [-0.4, -0.2) is 38.4 Å². The Labute approximate surface area is 154 Å². The fraction of sp³-hybridized carbons (Fsp3) is 0.636. The van der Waals surface area contributed by atoms with Gasteiger partial charge in [0.05, 0.1) is 0 Å². The normalized spacial score (nSPS) is 23.6. The molecule has 0 amide bonds. The number of allylic oxidation sites excluding steroid dienone is 1. The number of aryl methyl sites for hydroxylation is 1. The molecule has 133 valence electrons. The van der Waals surface area contributed by atoms with Crippen molar-refractivity contribution in [2.75, 3.05) is 26.2 Å². The molecule has 0 bridgehead atoms. The van der Waals surface area contributed by atoms with Gasteiger partial charge in [0.2, 0.25) is 0 Å². The molecule has 1 N–H and O–H groups in total. The standard InChI is InChI=1S/C22H32BN2/c1-16(10-18-4-3-9-24-13-18)25-14-19(15-25)11-21-6-5-20-7-8-23-12-22(20)17(21)2/h5-6,18-19,24H,1,3-4,7-15H2,2H3. The summed E-state index contributed by atoms with van der Waals surface area (Å²) in [5, 5.41) is 3.53. The zero-order valence-corrected chi connectivity index (χ0v) is 15.8. The van der Waals surface area contributed by atoms with E-state index in [2.05, 4.69) is 43.1 Å². The van der Waals surface area contributed by atoms with Crippen molar-refractivity contribution in [3.8, 4) is 0 Å². The van der Waals surface area contributed by atoms with Gasteiger partial charge < -0.3 is 10.2 Å². The predicted molar refractivity (Wildman–Crippen MR) is 107 cm³/mol. The molecule has 25 heavy (non-hydrogen) atoms. The number of nitrogens with one attached hydrogen (secondary N) is 1. The van der Waals surface area contributed by atoms with Crippen LogP contribution in [-0.2, 0) is 19.2 Å². The van der Waals surface area contributed by atoms with Crippen molar-refractivity contribution in [1.29, 1.82) is 0 Å². The number of nitrogens with zero attached hydrogens (tertiary/aromatic N) is 1. The van der Waals surface area contributed by atoms with Crippen LogP contribution < -0.4 is 5.32 Å². The van der Waals surface area contributed by atoms with Gasteiger partial charge in [0, 0.05) is 18.8 Å². The van der Waals surface area contributed by atoms with Crippen LogP contribution in [0.3, 0.4) is 0 Å². The average Bonchev–Trinajstić information content (AvgIpc) is 2.60. The molecule has 0 aliphatic carbocycles. The molecular formula is C22H32BN2. The van der Waals surface area contributed by atoms with Gasteiger partial charge in [-0.1, -0.05) is 31.4 Å². The van der Waals surface area contributed by atoms with E-state index in [1.807, 2.05) is 0 Å². The zero-order valence-electron chi connectivity index (χ0n) is 15.8. The van der Waals surface area contributed by atoms with E-state index in [4.69, 9.17) is 0 Å². The minimum Gasteiger partial charge on any atom is -0.375 e. The lowest BCUT2D eigenvalue weighted by Crippen LogP contribution is -2.47. The van der Waals surface area contributed by atoms with Gasteiger partial charge in [-0.3, -0.25) is 0 Å². The SMILES string of the molecule is C=C(CC1CCCNC1)N1CC(Cc2ccc3c(c2C)C[B]CC3)C1. The molecule has 0 aromatic heterocycles. The van der Waals surface area contributed by atoms with E-state index in [1.54, 1.807) is 22.3 Å². The lowest BCUT2D eigenvalue weighted by molar-refractivity contribution is 0.132. The van der Waals surface area contributed by atoms with Crippen LogP contribution >= 0.6 is 0 Å². The molecule has 3 heteroatoms. The summed E-state index contributed by atoms with van der Waals surface area (Å²) in [6.45, 7) is 11.5. The van der Waals surface area contributed by atoms with Crippen molar-refractivity contribution in [1.82, 2.24) is 10.2 Å². The van der Waals surface area contributed by atoms with Crippen LogP contribution in [0.4, 0.5) is 0 Å². The zero-order chi connectivity index (χ0) is 17.2. The van der Waals surface area contributed by atoms with Gasteiger partial charge in [-0.25, -0.2) is 0 Å². The number of piperidine rings is 1. The van der Waals surface area contributed by atoms with Crippen LogP contribution in [0.5, 0.6) is 0 Å². The molecule has 3 aliphatic heterocycles. The maximum atomic E-state index is 4.38. The lowest BCUT2D eigenvalue weighted by Gasteiger charge is -2.43. The third-order valence-electron chi connectivity index (χ3n) is 6.61. The minimum atomic E-state index is 0.805. The van der Waals surface area contributed by atoms with Crippen molar-refractivity contribution < 1.29 is 0 Å². The van der Waals surface area contributed by atoms with Crippen molar-refractivity contribution in [3.05, 3.63) is 46.7 Å². The van der Waals surface area contributed by atoms with Crippen LogP contribution in [0.15, 0.2) is 24.4 Å². The summed E-state index contributed by atoms with van der Waals surface area (Å²) < 4.78 is 0. The van der Waals surface area contributed by atoms with Crippen molar-refractivity contribution in [2.45, 2.75) is 51.7 Å². The molecule has 2 saturated heterocycles. The molecule has 1 radical (unpaired) electrons. The fourth-order valence-corrected chi connectivity index (χ4v) is 4.93. The molecule has 4 rings (SSSR count). The molecule has 2 fully saturated rings. The highest BCUT2D eigenvalue weighted by atomic mass is 15.2. The molecule has 3 heterocycles. The highest BCUT2D eigenvalue weighted by molar-refractivity contribution is 6.35. The van der Waals surface area contributed by atoms with E-state index >= 15 is 0 Å². The minimum absolute atomic E-state index is 0.805. The topological polar surface area (TPSA) is 15.3 Å². The second-order valence-electron chi connectivity index (χ2n) is 8.48. The first kappa shape index (κ1) is 17.2. The fourth-order valence-electron chi connectivity index (χ4n) is 4.93. The summed E-state index contributed by atoms with van der Waals surface area (Å²) in [6.07, 6.45) is 8.80. The quantitative estimate of drug-likeness (QED) is 0.828. The van der Waals surface area contributed by atoms with Gasteiger partial charge >= 0.3 is 0 Å². The molecule has 3 aliphatic rings. The smallest absolute Gasteiger partial charge is 0.115 e. The van der Waals surface area contributed by atoms with Crippen LogP contribution in [0.2, 0.25) is 6.32 Å². The van der Waals surface area contributed by atoms with Crippen molar-refractivity contribution >= 4 is 7.28 Å². The number of rotatable bonds is 5. The third-order valence-corrected chi connectivity index (χ3v) is 6.61. The van der Waals surface area contributed by atoms with Crippen LogP contribution in [0.1, 0.15) is 41.5 Å². The monoisotopic (exact) mass is 335 g/mol. The second kappa shape index (κ2) is 7.57. The summed E-state index contributed by atoms with van der Waals surface area (Å²) in [6, 6.07) is 4.81. The van der Waals surface area contributed by atoms with Gasteiger partial charge in [0.1, 0.15) is 7.28 Å². The highest BCUT2D eigenvalue weighted by Gasteiger charge is 2.29.